The quantitative estimate of drug-likeness (QED) is 0.942. The first-order valence-corrected chi connectivity index (χ1v) is 7.81. The van der Waals surface area contributed by atoms with Gasteiger partial charge in [-0.25, -0.2) is 14.4 Å². The van der Waals surface area contributed by atoms with Crippen molar-refractivity contribution in [2.45, 2.75) is 19.3 Å². The highest BCUT2D eigenvalue weighted by molar-refractivity contribution is 5.35. The van der Waals surface area contributed by atoms with E-state index in [9.17, 15) is 4.39 Å². The molecule has 0 spiro atoms. The molecule has 1 aromatic carbocycles. The molecule has 22 heavy (non-hydrogen) atoms. The molecule has 116 valence electrons. The maximum absolute atomic E-state index is 13.1. The van der Waals surface area contributed by atoms with Crippen LogP contribution in [-0.2, 0) is 0 Å². The zero-order chi connectivity index (χ0) is 15.4. The van der Waals surface area contributed by atoms with Crippen molar-refractivity contribution in [2.75, 3.05) is 31.1 Å². The van der Waals surface area contributed by atoms with E-state index in [4.69, 9.17) is 0 Å². The minimum atomic E-state index is -0.205. The van der Waals surface area contributed by atoms with Crippen LogP contribution in [0.1, 0.15) is 30.4 Å². The Morgan fingerprint density at radius 1 is 1.09 bits per heavy atom. The van der Waals surface area contributed by atoms with E-state index in [1.807, 2.05) is 24.5 Å². The van der Waals surface area contributed by atoms with Crippen molar-refractivity contribution < 1.29 is 4.39 Å². The van der Waals surface area contributed by atoms with Crippen LogP contribution in [0.3, 0.4) is 0 Å². The van der Waals surface area contributed by atoms with Gasteiger partial charge in [-0.05, 0) is 29.7 Å². The van der Waals surface area contributed by atoms with Crippen LogP contribution in [0.25, 0.3) is 0 Å². The monoisotopic (exact) mass is 300 g/mol. The lowest BCUT2D eigenvalue weighted by Gasteiger charge is -2.27. The molecule has 1 atom stereocenters. The Kier molecular flexibility index (Phi) is 4.63. The van der Waals surface area contributed by atoms with Gasteiger partial charge in [0.1, 0.15) is 5.82 Å². The van der Waals surface area contributed by atoms with Crippen LogP contribution >= 0.6 is 0 Å². The van der Waals surface area contributed by atoms with Gasteiger partial charge in [0, 0.05) is 44.5 Å². The molecule has 0 amide bonds. The Morgan fingerprint density at radius 3 is 2.32 bits per heavy atom. The minimum Gasteiger partial charge on any atom is -0.338 e. The summed E-state index contributed by atoms with van der Waals surface area (Å²) in [6, 6.07) is 6.70. The summed E-state index contributed by atoms with van der Waals surface area (Å²) in [4.78, 5) is 11.2. The average molecular weight is 300 g/mol. The first-order chi connectivity index (χ1) is 10.8. The molecule has 2 heterocycles. The fraction of sp³-hybridized carbons (Fsp3) is 0.412. The summed E-state index contributed by atoms with van der Waals surface area (Å²) < 4.78 is 13.1. The maximum Gasteiger partial charge on any atom is 0.225 e. The van der Waals surface area contributed by atoms with Crippen LogP contribution in [0.2, 0.25) is 0 Å². The normalized spacial score (nSPS) is 16.5. The first-order valence-electron chi connectivity index (χ1n) is 7.81. The van der Waals surface area contributed by atoms with Crippen LogP contribution in [0.15, 0.2) is 36.7 Å². The lowest BCUT2D eigenvalue weighted by Crippen LogP contribution is -2.44. The molecule has 3 rings (SSSR count). The molecule has 1 fully saturated rings. The summed E-state index contributed by atoms with van der Waals surface area (Å²) in [6.45, 7) is 5.94. The number of nitrogens with zero attached hydrogens (tertiary/aromatic N) is 3. The molecule has 5 heteroatoms. The largest absolute Gasteiger partial charge is 0.338 e. The molecule has 1 saturated heterocycles. The van der Waals surface area contributed by atoms with E-state index in [-0.39, 0.29) is 11.7 Å². The maximum atomic E-state index is 13.1. The summed E-state index contributed by atoms with van der Waals surface area (Å²) >= 11 is 0. The lowest BCUT2D eigenvalue weighted by atomic mass is 9.91. The molecule has 0 bridgehead atoms. The third kappa shape index (κ3) is 3.25. The Bertz CT molecular complexity index is 591. The van der Waals surface area contributed by atoms with Crippen molar-refractivity contribution in [3.63, 3.8) is 0 Å². The van der Waals surface area contributed by atoms with Crippen LogP contribution in [0.5, 0.6) is 0 Å². The van der Waals surface area contributed by atoms with Gasteiger partial charge in [-0.1, -0.05) is 19.1 Å². The molecule has 0 unspecified atom stereocenters. The average Bonchev–Trinajstić information content (AvgIpc) is 2.59. The van der Waals surface area contributed by atoms with E-state index in [0.717, 1.165) is 49.7 Å². The Hall–Kier alpha value is -2.01. The number of aromatic nitrogens is 2. The van der Waals surface area contributed by atoms with Crippen molar-refractivity contribution in [2.24, 2.45) is 0 Å². The Balaban J connectivity index is 1.79. The molecule has 1 aromatic heterocycles. The number of anilines is 1. The van der Waals surface area contributed by atoms with Crippen molar-refractivity contribution in [3.8, 4) is 0 Å². The molecule has 1 N–H and O–H groups in total. The summed E-state index contributed by atoms with van der Waals surface area (Å²) in [5.41, 5.74) is 2.18. The highest BCUT2D eigenvalue weighted by Crippen LogP contribution is 2.27. The topological polar surface area (TPSA) is 41.1 Å². The van der Waals surface area contributed by atoms with Crippen molar-refractivity contribution in [3.05, 3.63) is 53.6 Å². The molecule has 0 aliphatic carbocycles. The van der Waals surface area contributed by atoms with E-state index in [2.05, 4.69) is 27.1 Å². The van der Waals surface area contributed by atoms with Crippen LogP contribution in [-0.4, -0.2) is 36.1 Å². The third-order valence-electron chi connectivity index (χ3n) is 4.14. The van der Waals surface area contributed by atoms with E-state index in [0.29, 0.717) is 0 Å². The fourth-order valence-electron chi connectivity index (χ4n) is 2.90. The lowest BCUT2D eigenvalue weighted by molar-refractivity contribution is 0.579. The smallest absolute Gasteiger partial charge is 0.225 e. The van der Waals surface area contributed by atoms with Gasteiger partial charge in [-0.3, -0.25) is 0 Å². The Labute approximate surface area is 130 Å². The SMILES string of the molecule is CC[C@@H](c1ccc(F)cc1)c1cnc(N2CCNCC2)nc1. The fourth-order valence-corrected chi connectivity index (χ4v) is 2.90. The second kappa shape index (κ2) is 6.83. The summed E-state index contributed by atoms with van der Waals surface area (Å²) in [6.07, 6.45) is 4.74. The van der Waals surface area contributed by atoms with Crippen LogP contribution in [0, 0.1) is 5.82 Å². The number of nitrogens with one attached hydrogen (secondary N) is 1. The number of rotatable bonds is 4. The molecular weight excluding hydrogens is 279 g/mol. The predicted octanol–water partition coefficient (Wildman–Crippen LogP) is 2.57. The van der Waals surface area contributed by atoms with Crippen molar-refractivity contribution in [1.82, 2.24) is 15.3 Å². The molecule has 0 saturated carbocycles. The number of hydrogen-bond donors (Lipinski definition) is 1. The highest BCUT2D eigenvalue weighted by Gasteiger charge is 2.16. The number of piperazine rings is 1. The third-order valence-corrected chi connectivity index (χ3v) is 4.14. The van der Waals surface area contributed by atoms with E-state index < -0.39 is 0 Å². The summed E-state index contributed by atoms with van der Waals surface area (Å²) in [5, 5.41) is 3.32. The van der Waals surface area contributed by atoms with E-state index >= 15 is 0 Å². The van der Waals surface area contributed by atoms with Gasteiger partial charge >= 0.3 is 0 Å². The molecule has 0 radical (unpaired) electrons. The first kappa shape index (κ1) is 14.9. The number of benzene rings is 1. The predicted molar refractivity (Wildman–Crippen MR) is 85.6 cm³/mol. The van der Waals surface area contributed by atoms with Gasteiger partial charge in [0.2, 0.25) is 5.95 Å². The van der Waals surface area contributed by atoms with Gasteiger partial charge in [-0.15, -0.1) is 0 Å². The van der Waals surface area contributed by atoms with Crippen molar-refractivity contribution >= 4 is 5.95 Å². The van der Waals surface area contributed by atoms with Gasteiger partial charge in [-0.2, -0.15) is 0 Å². The second-order valence-corrected chi connectivity index (χ2v) is 5.57. The molecular formula is C17H21FN4. The Morgan fingerprint density at radius 2 is 1.73 bits per heavy atom. The molecule has 2 aromatic rings. The molecule has 4 nitrogen and oxygen atoms in total. The van der Waals surface area contributed by atoms with Crippen LogP contribution < -0.4 is 10.2 Å². The highest BCUT2D eigenvalue weighted by atomic mass is 19.1. The van der Waals surface area contributed by atoms with Gasteiger partial charge in [0.15, 0.2) is 0 Å². The molecule has 1 aliphatic rings. The number of halogens is 1. The number of hydrogen-bond acceptors (Lipinski definition) is 4. The van der Waals surface area contributed by atoms with Gasteiger partial charge in [0.05, 0.1) is 0 Å². The van der Waals surface area contributed by atoms with Gasteiger partial charge in [0.25, 0.3) is 0 Å². The van der Waals surface area contributed by atoms with E-state index in [1.54, 1.807) is 0 Å². The zero-order valence-electron chi connectivity index (χ0n) is 12.8. The minimum absolute atomic E-state index is 0.205. The van der Waals surface area contributed by atoms with Crippen LogP contribution in [0.4, 0.5) is 10.3 Å². The van der Waals surface area contributed by atoms with Gasteiger partial charge < -0.3 is 10.2 Å². The van der Waals surface area contributed by atoms with Crippen molar-refractivity contribution in [1.29, 1.82) is 0 Å². The standard InChI is InChI=1S/C17H21FN4/c1-2-16(13-3-5-15(18)6-4-13)14-11-20-17(21-12-14)22-9-7-19-8-10-22/h3-6,11-12,16,19H,2,7-10H2,1H3/t16-/m0/s1. The zero-order valence-corrected chi connectivity index (χ0v) is 12.8. The second-order valence-electron chi connectivity index (χ2n) is 5.57. The van der Waals surface area contributed by atoms with E-state index in [1.165, 1.54) is 12.1 Å². The summed E-state index contributed by atoms with van der Waals surface area (Å²) in [5.74, 6) is 0.792. The summed E-state index contributed by atoms with van der Waals surface area (Å²) in [7, 11) is 0. The molecule has 1 aliphatic heterocycles.